The van der Waals surface area contributed by atoms with Gasteiger partial charge in [0.15, 0.2) is 11.5 Å². The van der Waals surface area contributed by atoms with Gasteiger partial charge in [-0.1, -0.05) is 12.5 Å². The number of hydrogen-bond acceptors (Lipinski definition) is 3. The van der Waals surface area contributed by atoms with Crippen LogP contribution < -0.4 is 9.47 Å². The summed E-state index contributed by atoms with van der Waals surface area (Å²) in [5.74, 6) is 2.82. The summed E-state index contributed by atoms with van der Waals surface area (Å²) in [6.07, 6.45) is 5.91. The van der Waals surface area contributed by atoms with Crippen LogP contribution in [0, 0.1) is 0 Å². The fourth-order valence-corrected chi connectivity index (χ4v) is 2.68. The zero-order valence-electron chi connectivity index (χ0n) is 13.4. The van der Waals surface area contributed by atoms with Crippen LogP contribution in [0.15, 0.2) is 23.2 Å². The minimum absolute atomic E-state index is 0.774. The highest BCUT2D eigenvalue weighted by molar-refractivity contribution is 5.82. The predicted molar refractivity (Wildman–Crippen MR) is 86.7 cm³/mol. The first kappa shape index (κ1) is 15.7. The summed E-state index contributed by atoms with van der Waals surface area (Å²) in [5.41, 5.74) is 1.23. The van der Waals surface area contributed by atoms with E-state index in [4.69, 9.17) is 14.5 Å². The fraction of sp³-hybridized carbons (Fsp3) is 0.588. The molecule has 0 radical (unpaired) electrons. The Kier molecular flexibility index (Phi) is 5.90. The Morgan fingerprint density at radius 2 is 1.90 bits per heavy atom. The molecule has 0 spiro atoms. The monoisotopic (exact) mass is 290 g/mol. The van der Waals surface area contributed by atoms with Gasteiger partial charge in [-0.2, -0.15) is 0 Å². The molecule has 0 aliphatic carbocycles. The minimum Gasteiger partial charge on any atom is -0.493 e. The van der Waals surface area contributed by atoms with E-state index in [9.17, 15) is 0 Å². The summed E-state index contributed by atoms with van der Waals surface area (Å²) in [4.78, 5) is 7.10. The number of likely N-dealkylation sites (tertiary alicyclic amines) is 1. The maximum absolute atomic E-state index is 5.34. The van der Waals surface area contributed by atoms with Crippen molar-refractivity contribution in [2.24, 2.45) is 4.99 Å². The van der Waals surface area contributed by atoms with Crippen LogP contribution >= 0.6 is 0 Å². The average Bonchev–Trinajstić information content (AvgIpc) is 2.72. The number of ether oxygens (including phenoxy) is 2. The van der Waals surface area contributed by atoms with Crippen LogP contribution in [0.5, 0.6) is 11.5 Å². The van der Waals surface area contributed by atoms with Crippen LogP contribution in [-0.2, 0) is 6.42 Å². The highest BCUT2D eigenvalue weighted by Gasteiger charge is 2.10. The van der Waals surface area contributed by atoms with E-state index in [0.29, 0.717) is 0 Å². The van der Waals surface area contributed by atoms with Gasteiger partial charge in [0.25, 0.3) is 0 Å². The Balaban J connectivity index is 1.96. The van der Waals surface area contributed by atoms with Crippen molar-refractivity contribution >= 4 is 5.84 Å². The molecule has 0 atom stereocenters. The molecular formula is C17H26N2O2. The third-order valence-electron chi connectivity index (χ3n) is 3.98. The SMILES string of the molecule is COc1ccc(CCN=C2CCCCCN2C)cc1OC. The summed E-state index contributed by atoms with van der Waals surface area (Å²) < 4.78 is 10.6. The van der Waals surface area contributed by atoms with E-state index in [0.717, 1.165) is 37.4 Å². The molecule has 0 N–H and O–H groups in total. The van der Waals surface area contributed by atoms with E-state index in [-0.39, 0.29) is 0 Å². The summed E-state index contributed by atoms with van der Waals surface area (Å²) in [6, 6.07) is 6.08. The molecule has 0 saturated carbocycles. The lowest BCUT2D eigenvalue weighted by Gasteiger charge is -2.18. The molecule has 1 aliphatic rings. The molecule has 116 valence electrons. The Hall–Kier alpha value is -1.71. The number of methoxy groups -OCH3 is 2. The minimum atomic E-state index is 0.774. The summed E-state index contributed by atoms with van der Waals surface area (Å²) in [5, 5.41) is 0. The van der Waals surface area contributed by atoms with E-state index >= 15 is 0 Å². The number of rotatable bonds is 5. The fourth-order valence-electron chi connectivity index (χ4n) is 2.68. The molecule has 1 aromatic carbocycles. The molecule has 1 fully saturated rings. The third kappa shape index (κ3) is 4.38. The zero-order valence-corrected chi connectivity index (χ0v) is 13.4. The largest absolute Gasteiger partial charge is 0.493 e. The van der Waals surface area contributed by atoms with Crippen molar-refractivity contribution in [3.63, 3.8) is 0 Å². The molecule has 0 amide bonds. The van der Waals surface area contributed by atoms with Crippen molar-refractivity contribution in [3.8, 4) is 11.5 Å². The van der Waals surface area contributed by atoms with Gasteiger partial charge in [0.1, 0.15) is 0 Å². The van der Waals surface area contributed by atoms with Crippen LogP contribution in [0.4, 0.5) is 0 Å². The normalized spacial score (nSPS) is 17.7. The van der Waals surface area contributed by atoms with Gasteiger partial charge in [-0.05, 0) is 37.0 Å². The second-order valence-corrected chi connectivity index (χ2v) is 5.47. The number of benzene rings is 1. The quantitative estimate of drug-likeness (QED) is 0.835. The molecular weight excluding hydrogens is 264 g/mol. The average molecular weight is 290 g/mol. The van der Waals surface area contributed by atoms with Gasteiger partial charge < -0.3 is 14.4 Å². The Bertz CT molecular complexity index is 486. The van der Waals surface area contributed by atoms with Crippen LogP contribution in [0.25, 0.3) is 0 Å². The maximum Gasteiger partial charge on any atom is 0.160 e. The van der Waals surface area contributed by atoms with Gasteiger partial charge in [-0.15, -0.1) is 0 Å². The van der Waals surface area contributed by atoms with Crippen LogP contribution in [-0.4, -0.2) is 45.1 Å². The van der Waals surface area contributed by atoms with Crippen molar-refractivity contribution in [3.05, 3.63) is 23.8 Å². The van der Waals surface area contributed by atoms with Crippen molar-refractivity contribution in [1.82, 2.24) is 4.90 Å². The molecule has 1 saturated heterocycles. The number of aliphatic imine (C=N–C) groups is 1. The van der Waals surface area contributed by atoms with Crippen LogP contribution in [0.2, 0.25) is 0 Å². The van der Waals surface area contributed by atoms with Crippen molar-refractivity contribution in [2.75, 3.05) is 34.4 Å². The lowest BCUT2D eigenvalue weighted by Crippen LogP contribution is -2.26. The van der Waals surface area contributed by atoms with Crippen LogP contribution in [0.3, 0.4) is 0 Å². The molecule has 1 aromatic rings. The molecule has 4 heteroatoms. The molecule has 0 unspecified atom stereocenters. The molecule has 1 aliphatic heterocycles. The maximum atomic E-state index is 5.34. The molecule has 4 nitrogen and oxygen atoms in total. The standard InChI is InChI=1S/C17H26N2O2/c1-19-12-6-4-5-7-17(19)18-11-10-14-8-9-15(20-2)16(13-14)21-3/h8-9,13H,4-7,10-12H2,1-3H3. The highest BCUT2D eigenvalue weighted by atomic mass is 16.5. The Morgan fingerprint density at radius 3 is 2.67 bits per heavy atom. The molecule has 1 heterocycles. The van der Waals surface area contributed by atoms with Gasteiger partial charge >= 0.3 is 0 Å². The first-order valence-electron chi connectivity index (χ1n) is 7.70. The second-order valence-electron chi connectivity index (χ2n) is 5.47. The van der Waals surface area contributed by atoms with Crippen molar-refractivity contribution in [1.29, 1.82) is 0 Å². The second kappa shape index (κ2) is 7.91. The lowest BCUT2D eigenvalue weighted by molar-refractivity contribution is 0.354. The van der Waals surface area contributed by atoms with E-state index in [1.165, 1.54) is 30.7 Å². The third-order valence-corrected chi connectivity index (χ3v) is 3.98. The molecule has 21 heavy (non-hydrogen) atoms. The van der Waals surface area contributed by atoms with Gasteiger partial charge in [0.05, 0.1) is 20.1 Å². The van der Waals surface area contributed by atoms with E-state index in [1.807, 2.05) is 12.1 Å². The highest BCUT2D eigenvalue weighted by Crippen LogP contribution is 2.27. The van der Waals surface area contributed by atoms with E-state index in [1.54, 1.807) is 14.2 Å². The smallest absolute Gasteiger partial charge is 0.160 e. The Labute approximate surface area is 127 Å². The summed E-state index contributed by atoms with van der Waals surface area (Å²) in [6.45, 7) is 1.96. The number of nitrogens with zero attached hydrogens (tertiary/aromatic N) is 2. The summed E-state index contributed by atoms with van der Waals surface area (Å²) in [7, 11) is 5.48. The van der Waals surface area contributed by atoms with Crippen molar-refractivity contribution < 1.29 is 9.47 Å². The number of amidine groups is 1. The zero-order chi connectivity index (χ0) is 15.1. The first-order valence-corrected chi connectivity index (χ1v) is 7.70. The lowest BCUT2D eigenvalue weighted by atomic mass is 10.1. The van der Waals surface area contributed by atoms with E-state index < -0.39 is 0 Å². The van der Waals surface area contributed by atoms with Crippen LogP contribution in [0.1, 0.15) is 31.2 Å². The first-order chi connectivity index (χ1) is 10.2. The number of hydrogen-bond donors (Lipinski definition) is 0. The van der Waals surface area contributed by atoms with E-state index in [2.05, 4.69) is 18.0 Å². The Morgan fingerprint density at radius 1 is 1.10 bits per heavy atom. The molecule has 0 bridgehead atoms. The van der Waals surface area contributed by atoms with Gasteiger partial charge in [-0.25, -0.2) is 0 Å². The van der Waals surface area contributed by atoms with Crippen molar-refractivity contribution in [2.45, 2.75) is 32.1 Å². The topological polar surface area (TPSA) is 34.1 Å². The molecule has 0 aromatic heterocycles. The predicted octanol–water partition coefficient (Wildman–Crippen LogP) is 3.15. The van der Waals surface area contributed by atoms with Gasteiger partial charge in [-0.3, -0.25) is 4.99 Å². The molecule has 2 rings (SSSR count). The van der Waals surface area contributed by atoms with Gasteiger partial charge in [0.2, 0.25) is 0 Å². The van der Waals surface area contributed by atoms with Gasteiger partial charge in [0, 0.05) is 26.6 Å². The summed E-state index contributed by atoms with van der Waals surface area (Å²) >= 11 is 0.